The average Bonchev–Trinajstić information content (AvgIpc) is 1.08. The van der Waals surface area contributed by atoms with Crippen molar-refractivity contribution in [3.05, 3.63) is 128 Å². The maximum absolute atomic E-state index is 10.7. The van der Waals surface area contributed by atoms with E-state index in [1.165, 1.54) is 0 Å². The lowest BCUT2D eigenvalue weighted by atomic mass is 8.28. The predicted octanol–water partition coefficient (Wildman–Crippen LogP) is -6.67. The molecule has 0 saturated carbocycles. The fourth-order valence-electron chi connectivity index (χ4n) is 13.8. The lowest BCUT2D eigenvalue weighted by Crippen LogP contribution is -2.92. The highest BCUT2D eigenvalue weighted by atomic mass is 79.9. The first-order valence-electron chi connectivity index (χ1n) is 38.5. The molecule has 1 N–H and O–H groups in total. The number of nitrogens with one attached hydrogen (secondary N) is 1. The molecule has 538 valence electrons. The van der Waals surface area contributed by atoms with E-state index in [0.717, 1.165) is 164 Å². The lowest BCUT2D eigenvalue weighted by Gasteiger charge is -2.53. The molecule has 0 bridgehead atoms. The molecule has 0 atom stereocenters. The van der Waals surface area contributed by atoms with Crippen LogP contribution in [0.4, 0.5) is 0 Å². The van der Waals surface area contributed by atoms with Gasteiger partial charge in [0.25, 0.3) is 0 Å². The number of rotatable bonds is 29. The van der Waals surface area contributed by atoms with Crippen LogP contribution in [0, 0.1) is 0 Å². The number of piperazine rings is 3. The molecule has 5 aliphatic rings. The molecule has 5 aliphatic heterocycles. The number of carbonyl (C=O) groups is 3. The first-order chi connectivity index (χ1) is 54.2. The zero-order valence-electron chi connectivity index (χ0n) is 68.5. The number of pyridine rings is 4. The summed E-state index contributed by atoms with van der Waals surface area (Å²) < 4.78 is 27.1. The Balaban J connectivity index is 0.000000381. The molecule has 3 amide bonds. The molecular formula is C55H78B40Br4N10O7. The average molecular weight is 1740 g/mol. The summed E-state index contributed by atoms with van der Waals surface area (Å²) in [6.45, 7) is 36.3. The van der Waals surface area contributed by atoms with Crippen molar-refractivity contribution in [1.82, 2.24) is 49.8 Å². The normalized spacial score (nSPS) is 15.9. The number of hydrogen-bond acceptors (Lipinski definition) is 14. The minimum Gasteiger partial charge on any atom is -0.400 e. The molecule has 40 radical (unpaired) electrons. The van der Waals surface area contributed by atoms with Gasteiger partial charge in [-0.05, 0) is 168 Å². The lowest BCUT2D eigenvalue weighted by molar-refractivity contribution is -0.120. The van der Waals surface area contributed by atoms with Gasteiger partial charge < -0.3 is 38.6 Å². The molecule has 61 heteroatoms. The van der Waals surface area contributed by atoms with Crippen LogP contribution in [0.15, 0.2) is 110 Å². The van der Waals surface area contributed by atoms with Crippen molar-refractivity contribution >= 4 is 378 Å². The molecule has 5 saturated heterocycles. The Morgan fingerprint density at radius 3 is 0.948 bits per heavy atom. The molecule has 4 aromatic heterocycles. The molecule has 9 rings (SSSR count). The van der Waals surface area contributed by atoms with Crippen molar-refractivity contribution in [1.29, 1.82) is 0 Å². The topological polar surface area (TPSA) is 168 Å². The second kappa shape index (κ2) is 53.9. The monoisotopic (exact) mass is 1750 g/mol. The van der Waals surface area contributed by atoms with Crippen LogP contribution >= 0.6 is 63.7 Å². The molecule has 0 unspecified atom stereocenters. The van der Waals surface area contributed by atoms with Crippen molar-refractivity contribution in [2.75, 3.05) is 91.6 Å². The van der Waals surface area contributed by atoms with E-state index >= 15 is 0 Å². The number of hydrogen-bond donors (Lipinski definition) is 1. The van der Waals surface area contributed by atoms with Crippen LogP contribution in [0.3, 0.4) is 0 Å². The van der Waals surface area contributed by atoms with Gasteiger partial charge >= 0.3 is 14.2 Å². The van der Waals surface area contributed by atoms with E-state index in [1.54, 1.807) is 29.3 Å². The van der Waals surface area contributed by atoms with Gasteiger partial charge in [0.2, 0.25) is 19.2 Å². The van der Waals surface area contributed by atoms with Gasteiger partial charge in [0.15, 0.2) is 0 Å². The van der Waals surface area contributed by atoms with Crippen LogP contribution in [0.2, 0.25) is 0 Å². The van der Waals surface area contributed by atoms with Gasteiger partial charge in [-0.15, -0.1) is 6.58 Å². The highest BCUT2D eigenvalue weighted by Gasteiger charge is 2.57. The smallest absolute Gasteiger partial charge is 0.400 e. The van der Waals surface area contributed by atoms with Crippen molar-refractivity contribution in [2.45, 2.75) is 90.6 Å². The molecule has 0 spiro atoms. The Labute approximate surface area is 764 Å². The Kier molecular flexibility index (Phi) is 50.6. The number of carbonyl (C=O) groups excluding carboxylic acids is 3. The molecular weight excluding hydrogens is 1660 g/mol. The van der Waals surface area contributed by atoms with Crippen LogP contribution in [0.25, 0.3) is 6.08 Å². The third-order valence-electron chi connectivity index (χ3n) is 21.6. The van der Waals surface area contributed by atoms with Gasteiger partial charge in [-0.3, -0.25) is 39.1 Å². The summed E-state index contributed by atoms with van der Waals surface area (Å²) in [5.41, 5.74) is 2.92. The van der Waals surface area contributed by atoms with E-state index in [0.29, 0.717) is 0 Å². The van der Waals surface area contributed by atoms with Crippen molar-refractivity contribution in [2.24, 2.45) is 0 Å². The van der Waals surface area contributed by atoms with E-state index in [9.17, 15) is 14.4 Å². The van der Waals surface area contributed by atoms with Gasteiger partial charge in [0.05, 0.1) is 28.1 Å². The Bertz CT molecular complexity index is 3290. The number of nitrogens with zero attached hydrogens (tertiary/aromatic N) is 9. The summed E-state index contributed by atoms with van der Waals surface area (Å²) >= 11 is 13.1. The van der Waals surface area contributed by atoms with Crippen LogP contribution in [-0.2, 0) is 45.8 Å². The fourth-order valence-corrected chi connectivity index (χ4v) is 14.7. The highest BCUT2D eigenvalue weighted by molar-refractivity contribution is 9.11. The fraction of sp³-hybridized carbons (Fsp3) is 0.509. The maximum atomic E-state index is 10.7. The van der Waals surface area contributed by atoms with Crippen molar-refractivity contribution < 1.29 is 33.0 Å². The molecule has 116 heavy (non-hydrogen) atoms. The third kappa shape index (κ3) is 36.4. The standard InChI is InChI=1S/C18H28BN3O3.C12H16BrN3O.C8H15BO2.C7H6BrN.C5H3Br2N.C5H10N2O.B38/c1-17(2)18(3,4)25-19(24-17)15-5-6-16(20-13-15)7-8-21-9-11-22(14-23)12-10-21;13-11-1-2-12(14-9-11)3-4-15-5-7-16(10-17)8-6-15;1-6-9-10-7(2,3)8(4,5)11-9;1-2-7-4-3-6(8)5-9-7;6-4-1-2-5(7)8-3-4;8-5-7-3-1-6-2-4-7;1-21(2)31(22(3)4)36(32(23(5)6)24(7)8)38(35(29(17)18)30(19)20)37(33(25(9)10)26(11)12)34(27(13)14)28(15)16/h5-6,13-14H,7-12H2,1-4H3;1-2,9-10H,3-8H2;6H,1H2,2-5H3;2-5H,1H2;1-3H;5-6H,1-4H2;. The molecule has 9 heterocycles. The second-order valence-corrected chi connectivity index (χ2v) is 34.7. The molecule has 17 nitrogen and oxygen atoms in total. The largest absolute Gasteiger partial charge is 0.496 e. The van der Waals surface area contributed by atoms with Crippen LogP contribution in [0.5, 0.6) is 0 Å². The Morgan fingerprint density at radius 2 is 0.698 bits per heavy atom. The maximum Gasteiger partial charge on any atom is 0.496 e. The first-order valence-corrected chi connectivity index (χ1v) is 41.7. The summed E-state index contributed by atoms with van der Waals surface area (Å²) in [6, 6.07) is 15.8. The van der Waals surface area contributed by atoms with Crippen LogP contribution in [0.1, 0.15) is 72.5 Å². The van der Waals surface area contributed by atoms with Gasteiger partial charge in [0.1, 0.15) is 4.60 Å². The van der Waals surface area contributed by atoms with Crippen LogP contribution < -0.4 is 10.8 Å². The Hall–Kier alpha value is -1.27. The molecule has 0 aliphatic carbocycles. The van der Waals surface area contributed by atoms with E-state index < -0.39 is 115 Å². The number of aromatic nitrogens is 4. The van der Waals surface area contributed by atoms with Gasteiger partial charge in [-0.1, -0.05) is 18.6 Å². The first kappa shape index (κ1) is 109. The summed E-state index contributed by atoms with van der Waals surface area (Å²) in [7, 11) is 123. The number of amides is 3. The van der Waals surface area contributed by atoms with Crippen molar-refractivity contribution in [3.63, 3.8) is 0 Å². The van der Waals surface area contributed by atoms with E-state index in [4.69, 9.17) is 173 Å². The van der Waals surface area contributed by atoms with E-state index in [-0.39, 0.29) is 36.6 Å². The summed E-state index contributed by atoms with van der Waals surface area (Å²) in [5, 5.41) is 3.15. The molecule has 4 aromatic rings. The SMILES string of the molecule is Brc1ccc(Br)nc1.C=CB1OC(C)(C)C(C)(C)O1.C=Cc1ccc(Br)cn1.CC1(C)OB(c2ccc(CCN3CCN(C=O)CC3)nc2)OC1(C)C.O=CN1CCN(CCc2ccc(Br)cn2)CC1.O=CN1CCNCC1.[B]B([B])B(B([B])[B])B(B(B([B])[B])B([B])[B])B(B(B([B])[B])B([B])[B])B(B(B([B])[B])B([B])[B])B(B([B])[B])B([B])[B]. The molecule has 0 aromatic carbocycles. The van der Waals surface area contributed by atoms with Crippen LogP contribution in [-0.4, -0.2) is 462 Å². The summed E-state index contributed by atoms with van der Waals surface area (Å²) in [4.78, 5) is 58.5. The highest BCUT2D eigenvalue weighted by Crippen LogP contribution is 2.38. The minimum atomic E-state index is -1.20. The second-order valence-electron chi connectivity index (χ2n) is 31.2. The predicted molar refractivity (Wildman–Crippen MR) is 545 cm³/mol. The zero-order valence-corrected chi connectivity index (χ0v) is 74.9. The zero-order chi connectivity index (χ0) is 87.8. The van der Waals surface area contributed by atoms with Gasteiger partial charge in [-0.25, -0.2) is 4.98 Å². The number of halogens is 4. The third-order valence-corrected chi connectivity index (χ3v) is 23.5. The quantitative estimate of drug-likeness (QED) is 0.0310. The van der Waals surface area contributed by atoms with E-state index in [2.05, 4.69) is 152 Å². The Morgan fingerprint density at radius 1 is 0.397 bits per heavy atom. The minimum absolute atomic E-state index is 0.230. The van der Waals surface area contributed by atoms with Gasteiger partial charge in [-0.2, -0.15) is 0 Å². The van der Waals surface area contributed by atoms with Crippen molar-refractivity contribution in [3.8, 4) is 0 Å². The van der Waals surface area contributed by atoms with Gasteiger partial charge in [0, 0.05) is 429 Å². The summed E-state index contributed by atoms with van der Waals surface area (Å²) in [6.07, 6.45) is -6.46. The van der Waals surface area contributed by atoms with E-state index in [1.807, 2.05) is 86.3 Å². The summed E-state index contributed by atoms with van der Waals surface area (Å²) in [5.74, 6) is 1.68. The molecule has 5 fully saturated rings.